The van der Waals surface area contributed by atoms with Gasteiger partial charge in [0, 0.05) is 12.1 Å². The number of halogens is 1. The molecule has 60 heavy (non-hydrogen) atoms. The highest BCUT2D eigenvalue weighted by atomic mass is 35.5. The molecule has 0 amide bonds. The van der Waals surface area contributed by atoms with Gasteiger partial charge < -0.3 is 30.0 Å². The predicted octanol–water partition coefficient (Wildman–Crippen LogP) is 11.0. The Morgan fingerprint density at radius 2 is 1.07 bits per heavy atom. The van der Waals surface area contributed by atoms with E-state index in [2.05, 4.69) is 94.1 Å². The summed E-state index contributed by atoms with van der Waals surface area (Å²) in [4.78, 5) is 32.3. The third kappa shape index (κ3) is 16.4. The maximum atomic E-state index is 11.4. The molecule has 2 fully saturated rings. The van der Waals surface area contributed by atoms with E-state index in [0.717, 1.165) is 71.6 Å². The third-order valence-corrected chi connectivity index (χ3v) is 11.6. The molecule has 4 aromatic rings. The molecule has 6 rings (SSSR count). The van der Waals surface area contributed by atoms with Gasteiger partial charge in [0.15, 0.2) is 0 Å². The van der Waals surface area contributed by atoms with Crippen LogP contribution in [0.4, 0.5) is 0 Å². The van der Waals surface area contributed by atoms with Crippen LogP contribution in [0.1, 0.15) is 123 Å². The van der Waals surface area contributed by atoms with Crippen molar-refractivity contribution in [2.24, 2.45) is 28.4 Å². The maximum absolute atomic E-state index is 11.4. The molecule has 3 N–H and O–H groups in total. The van der Waals surface area contributed by atoms with Crippen molar-refractivity contribution in [3.63, 3.8) is 0 Å². The third-order valence-electron chi connectivity index (χ3n) is 11.6. The van der Waals surface area contributed by atoms with Gasteiger partial charge in [0.2, 0.25) is 0 Å². The molecule has 0 spiro atoms. The molecular formula is C50H71ClN2O7. The van der Waals surface area contributed by atoms with E-state index in [1.165, 1.54) is 36.5 Å². The summed E-state index contributed by atoms with van der Waals surface area (Å²) < 4.78 is 21.9. The van der Waals surface area contributed by atoms with Crippen molar-refractivity contribution in [3.05, 3.63) is 83.9 Å². The molecule has 4 aromatic carbocycles. The van der Waals surface area contributed by atoms with E-state index < -0.39 is 0 Å². The molecular weight excluding hydrogens is 776 g/mol. The fraction of sp³-hybridized carbons (Fsp3) is 0.540. The first-order chi connectivity index (χ1) is 28.1. The van der Waals surface area contributed by atoms with Crippen molar-refractivity contribution < 1.29 is 33.3 Å². The van der Waals surface area contributed by atoms with Crippen LogP contribution in [0, 0.1) is 22.7 Å². The summed E-state index contributed by atoms with van der Waals surface area (Å²) >= 11 is 0. The Morgan fingerprint density at radius 3 is 1.50 bits per heavy atom. The Bertz CT molecular complexity index is 1940. The van der Waals surface area contributed by atoms with E-state index in [-0.39, 0.29) is 37.4 Å². The number of aldehydes is 1. The molecule has 0 unspecified atom stereocenters. The lowest BCUT2D eigenvalue weighted by molar-refractivity contribution is -0.142. The highest BCUT2D eigenvalue weighted by Gasteiger charge is 2.31. The number of benzene rings is 4. The second-order valence-electron chi connectivity index (χ2n) is 18.1. The monoisotopic (exact) mass is 846 g/mol. The molecule has 0 saturated heterocycles. The standard InChI is InChI=1S/C25H35NO3.C21H26O2.C4H9NO2.ClH/c1-5-28-24(27)17-26-16-18-6-7-20-15-23(11-8-19(20)14-18)29-22-12-9-21(10-13-22)25(2,3)4;1-21(2,3)18-7-10-19(11-8-18)23-20-9-6-16-12-15(14-22)4-5-17(16)13-20;1-2-7-4(6)3-5;/h6-8,11,14-15,21-22,26H,5,9-10,12-13,16-17H2,1-4H3;4-6,9,12-14,18-19H,7-8,10-11H2,1-3H3;2-3,5H2,1H3;1H. The van der Waals surface area contributed by atoms with Gasteiger partial charge in [-0.25, -0.2) is 0 Å². The number of nitrogens with one attached hydrogen (secondary N) is 1. The Hall–Kier alpha value is -4.18. The minimum absolute atomic E-state index is 0. The van der Waals surface area contributed by atoms with E-state index in [1.54, 1.807) is 6.92 Å². The van der Waals surface area contributed by atoms with Gasteiger partial charge in [-0.3, -0.25) is 14.4 Å². The number of hydrogen-bond donors (Lipinski definition) is 2. The number of esters is 2. The molecule has 0 aliphatic heterocycles. The second-order valence-corrected chi connectivity index (χ2v) is 18.1. The number of fused-ring (bicyclic) bond motifs is 2. The normalized spacial score (nSPS) is 19.0. The number of hydrogen-bond acceptors (Lipinski definition) is 9. The zero-order chi connectivity index (χ0) is 43.0. The van der Waals surface area contributed by atoms with Gasteiger partial charge in [-0.05, 0) is 151 Å². The summed E-state index contributed by atoms with van der Waals surface area (Å²) in [7, 11) is 0. The Kier molecular flexibility index (Phi) is 20.3. The van der Waals surface area contributed by atoms with Crippen molar-refractivity contribution in [1.82, 2.24) is 5.32 Å². The van der Waals surface area contributed by atoms with Crippen LogP contribution < -0.4 is 20.5 Å². The molecule has 0 atom stereocenters. The van der Waals surface area contributed by atoms with Crippen molar-refractivity contribution in [2.45, 2.75) is 126 Å². The molecule has 9 nitrogen and oxygen atoms in total. The molecule has 2 aliphatic carbocycles. The number of rotatable bonds is 12. The molecule has 2 saturated carbocycles. The zero-order valence-corrected chi connectivity index (χ0v) is 38.2. The molecule has 0 aromatic heterocycles. The van der Waals surface area contributed by atoms with E-state index in [9.17, 15) is 14.4 Å². The largest absolute Gasteiger partial charge is 0.490 e. The van der Waals surface area contributed by atoms with Crippen molar-refractivity contribution >= 4 is 52.2 Å². The van der Waals surface area contributed by atoms with Gasteiger partial charge >= 0.3 is 11.9 Å². The van der Waals surface area contributed by atoms with E-state index in [1.807, 2.05) is 37.3 Å². The highest BCUT2D eigenvalue weighted by molar-refractivity contribution is 5.89. The smallest absolute Gasteiger partial charge is 0.319 e. The number of ether oxygens (including phenoxy) is 4. The summed E-state index contributed by atoms with van der Waals surface area (Å²) in [5.74, 6) is 2.95. The van der Waals surface area contributed by atoms with Crippen LogP contribution in [0.15, 0.2) is 72.8 Å². The summed E-state index contributed by atoms with van der Waals surface area (Å²) in [6.45, 7) is 19.3. The Morgan fingerprint density at radius 1 is 0.633 bits per heavy atom. The number of nitrogens with two attached hydrogens (primary N) is 1. The van der Waals surface area contributed by atoms with E-state index >= 15 is 0 Å². The second kappa shape index (κ2) is 24.3. The molecule has 0 heterocycles. The Labute approximate surface area is 365 Å². The average molecular weight is 848 g/mol. The number of carbonyl (C=O) groups is 3. The maximum Gasteiger partial charge on any atom is 0.319 e. The lowest BCUT2D eigenvalue weighted by Gasteiger charge is -2.37. The molecule has 10 heteroatoms. The van der Waals surface area contributed by atoms with Gasteiger partial charge in [-0.1, -0.05) is 77.9 Å². The van der Waals surface area contributed by atoms with Crippen LogP contribution in [0.25, 0.3) is 21.5 Å². The molecule has 330 valence electrons. The number of carbonyl (C=O) groups excluding carboxylic acids is 3. The van der Waals surface area contributed by atoms with E-state index in [0.29, 0.717) is 48.4 Å². The highest BCUT2D eigenvalue weighted by Crippen LogP contribution is 2.40. The van der Waals surface area contributed by atoms with Crippen LogP contribution in [0.5, 0.6) is 11.5 Å². The van der Waals surface area contributed by atoms with Crippen LogP contribution in [0.2, 0.25) is 0 Å². The van der Waals surface area contributed by atoms with Gasteiger partial charge in [0.1, 0.15) is 17.8 Å². The topological polar surface area (TPSA) is 126 Å². The fourth-order valence-corrected chi connectivity index (χ4v) is 8.06. The SMILES string of the molecule is CC(C)(C)C1CCC(Oc2ccc3cc(C=O)ccc3c2)CC1.CCOC(=O)CN.CCOC(=O)CNCc1ccc2cc(OC3CCC(C(C)(C)C)CC3)ccc2c1.Cl. The van der Waals surface area contributed by atoms with Crippen LogP contribution in [-0.2, 0) is 25.6 Å². The Balaban J connectivity index is 0.000000277. The summed E-state index contributed by atoms with van der Waals surface area (Å²) in [5.41, 5.74) is 7.55. The molecule has 0 bridgehead atoms. The minimum atomic E-state index is -0.345. The zero-order valence-electron chi connectivity index (χ0n) is 37.4. The summed E-state index contributed by atoms with van der Waals surface area (Å²) in [6.07, 6.45) is 11.1. The van der Waals surface area contributed by atoms with Gasteiger partial charge in [0.05, 0.1) is 38.5 Å². The molecule has 2 aliphatic rings. The first-order valence-electron chi connectivity index (χ1n) is 21.7. The van der Waals surface area contributed by atoms with E-state index in [4.69, 9.17) is 19.9 Å². The summed E-state index contributed by atoms with van der Waals surface area (Å²) in [6, 6.07) is 24.6. The first kappa shape index (κ1) is 50.2. The van der Waals surface area contributed by atoms with Gasteiger partial charge in [-0.15, -0.1) is 12.4 Å². The first-order valence-corrected chi connectivity index (χ1v) is 21.7. The van der Waals surface area contributed by atoms with Gasteiger partial charge in [-0.2, -0.15) is 0 Å². The van der Waals surface area contributed by atoms with Crippen molar-refractivity contribution in [3.8, 4) is 11.5 Å². The van der Waals surface area contributed by atoms with Crippen LogP contribution >= 0.6 is 12.4 Å². The predicted molar refractivity (Wildman–Crippen MR) is 246 cm³/mol. The minimum Gasteiger partial charge on any atom is -0.490 e. The quantitative estimate of drug-likeness (QED) is 0.106. The fourth-order valence-electron chi connectivity index (χ4n) is 8.06. The van der Waals surface area contributed by atoms with Gasteiger partial charge in [0.25, 0.3) is 0 Å². The van der Waals surface area contributed by atoms with Crippen molar-refractivity contribution in [2.75, 3.05) is 26.3 Å². The van der Waals surface area contributed by atoms with Crippen LogP contribution in [-0.4, -0.2) is 56.7 Å². The molecule has 0 radical (unpaired) electrons. The lowest BCUT2D eigenvalue weighted by atomic mass is 9.72. The van der Waals surface area contributed by atoms with Crippen LogP contribution in [0.3, 0.4) is 0 Å². The summed E-state index contributed by atoms with van der Waals surface area (Å²) in [5, 5.41) is 7.70. The van der Waals surface area contributed by atoms with Crippen molar-refractivity contribution in [1.29, 1.82) is 0 Å². The lowest BCUT2D eigenvalue weighted by Crippen LogP contribution is -2.30. The average Bonchev–Trinajstić information content (AvgIpc) is 3.21.